The minimum atomic E-state index is -4.96. The highest BCUT2D eigenvalue weighted by atomic mass is 31.2. The van der Waals surface area contributed by atoms with E-state index < -0.39 is 97.5 Å². The van der Waals surface area contributed by atoms with Crippen molar-refractivity contribution in [1.29, 1.82) is 0 Å². The molecule has 0 aliphatic rings. The minimum absolute atomic E-state index is 0.104. The summed E-state index contributed by atoms with van der Waals surface area (Å²) in [4.78, 5) is 72.8. The molecule has 0 spiro atoms. The molecule has 0 aliphatic carbocycles. The van der Waals surface area contributed by atoms with Gasteiger partial charge in [0.2, 0.25) is 0 Å². The zero-order valence-electron chi connectivity index (χ0n) is 63.5. The van der Waals surface area contributed by atoms with Crippen molar-refractivity contribution in [3.8, 4) is 0 Å². The normalized spacial score (nSPS) is 14.3. The number of aliphatic hydroxyl groups excluding tert-OH is 1. The predicted octanol–water partition coefficient (Wildman–Crippen LogP) is 23.0. The Morgan fingerprint density at radius 3 is 0.784 bits per heavy atom. The summed E-state index contributed by atoms with van der Waals surface area (Å²) >= 11 is 0. The largest absolute Gasteiger partial charge is 0.472 e. The van der Waals surface area contributed by atoms with Gasteiger partial charge in [0, 0.05) is 25.7 Å². The number of carbonyl (C=O) groups excluding carboxylic acids is 4. The van der Waals surface area contributed by atoms with E-state index in [0.29, 0.717) is 31.6 Å². The molecule has 576 valence electrons. The third kappa shape index (κ3) is 70.9. The van der Waals surface area contributed by atoms with Gasteiger partial charge in [0.1, 0.15) is 19.3 Å². The highest BCUT2D eigenvalue weighted by Crippen LogP contribution is 2.45. The van der Waals surface area contributed by atoms with Crippen molar-refractivity contribution < 1.29 is 80.2 Å². The van der Waals surface area contributed by atoms with Gasteiger partial charge in [0.05, 0.1) is 26.4 Å². The number of esters is 4. The molecule has 0 heterocycles. The van der Waals surface area contributed by atoms with Gasteiger partial charge in [-0.3, -0.25) is 37.3 Å². The molecule has 0 saturated carbocycles. The Morgan fingerprint density at radius 2 is 0.526 bits per heavy atom. The van der Waals surface area contributed by atoms with Crippen LogP contribution >= 0.6 is 15.6 Å². The number of hydrogen-bond acceptors (Lipinski definition) is 15. The molecule has 0 aromatic heterocycles. The number of rotatable bonds is 76. The molecule has 6 atom stereocenters. The maximum absolute atomic E-state index is 13.1. The lowest BCUT2D eigenvalue weighted by molar-refractivity contribution is -0.161. The van der Waals surface area contributed by atoms with Crippen molar-refractivity contribution in [3.05, 3.63) is 0 Å². The van der Waals surface area contributed by atoms with E-state index in [9.17, 15) is 43.2 Å². The molecule has 0 aromatic carbocycles. The Labute approximate surface area is 594 Å². The Hall–Kier alpha value is -1.94. The van der Waals surface area contributed by atoms with Crippen LogP contribution in [0.1, 0.15) is 402 Å². The molecule has 3 N–H and O–H groups in total. The van der Waals surface area contributed by atoms with Crippen molar-refractivity contribution in [2.45, 2.75) is 420 Å². The molecular formula is C78H152O17P2. The Kier molecular flexibility index (Phi) is 67.1. The molecule has 0 rings (SSSR count). The average molecular weight is 1420 g/mol. The van der Waals surface area contributed by atoms with Crippen LogP contribution in [0.3, 0.4) is 0 Å². The second kappa shape index (κ2) is 68.5. The first kappa shape index (κ1) is 95.1. The second-order valence-corrected chi connectivity index (χ2v) is 32.2. The number of hydrogen-bond donors (Lipinski definition) is 3. The van der Waals surface area contributed by atoms with Crippen LogP contribution in [0, 0.1) is 17.8 Å². The minimum Gasteiger partial charge on any atom is -0.462 e. The van der Waals surface area contributed by atoms with Gasteiger partial charge in [-0.2, -0.15) is 0 Å². The molecule has 3 unspecified atom stereocenters. The van der Waals surface area contributed by atoms with E-state index >= 15 is 0 Å². The summed E-state index contributed by atoms with van der Waals surface area (Å²) < 4.78 is 68.5. The summed E-state index contributed by atoms with van der Waals surface area (Å²) in [6, 6.07) is 0. The molecule has 17 nitrogen and oxygen atoms in total. The maximum atomic E-state index is 13.1. The number of unbranched alkanes of at least 4 members (excludes halogenated alkanes) is 43. The smallest absolute Gasteiger partial charge is 0.462 e. The summed E-state index contributed by atoms with van der Waals surface area (Å²) in [7, 11) is -9.91. The lowest BCUT2D eigenvalue weighted by atomic mass is 9.99. The Morgan fingerprint density at radius 1 is 0.299 bits per heavy atom. The summed E-state index contributed by atoms with van der Waals surface area (Å²) in [5, 5.41) is 10.6. The Bertz CT molecular complexity index is 1890. The SMILES string of the molecule is CCCCCCCCCCCCCCCCC(=O)OC[C@H](COP(=O)(O)OC[C@@H](O)COP(=O)(O)OC[C@@H](COC(=O)CCCCCCCCCC(C)C)OC(=O)CCCCCCCCCCC(C)C)OC(=O)CCCCCCCCCCCCCCCCCCCCC(C)CC. The summed E-state index contributed by atoms with van der Waals surface area (Å²) in [5.41, 5.74) is 0. The monoisotopic (exact) mass is 1420 g/mol. The van der Waals surface area contributed by atoms with Crippen molar-refractivity contribution >= 4 is 39.5 Å². The van der Waals surface area contributed by atoms with Gasteiger partial charge in [0.15, 0.2) is 12.2 Å². The Balaban J connectivity index is 5.19. The van der Waals surface area contributed by atoms with Crippen LogP contribution in [0.2, 0.25) is 0 Å². The van der Waals surface area contributed by atoms with E-state index in [2.05, 4.69) is 48.5 Å². The van der Waals surface area contributed by atoms with Crippen LogP contribution < -0.4 is 0 Å². The first-order valence-electron chi connectivity index (χ1n) is 40.4. The van der Waals surface area contributed by atoms with E-state index in [1.165, 1.54) is 205 Å². The predicted molar refractivity (Wildman–Crippen MR) is 395 cm³/mol. The van der Waals surface area contributed by atoms with Gasteiger partial charge in [-0.25, -0.2) is 9.13 Å². The van der Waals surface area contributed by atoms with Gasteiger partial charge in [-0.05, 0) is 43.4 Å². The third-order valence-electron chi connectivity index (χ3n) is 18.5. The summed E-state index contributed by atoms with van der Waals surface area (Å²) in [5.74, 6) is 0.176. The van der Waals surface area contributed by atoms with Crippen LogP contribution in [-0.2, 0) is 65.4 Å². The number of phosphoric acid groups is 2. The molecule has 0 bridgehead atoms. The number of phosphoric ester groups is 2. The first-order chi connectivity index (χ1) is 46.8. The zero-order chi connectivity index (χ0) is 71.6. The fourth-order valence-corrected chi connectivity index (χ4v) is 13.5. The molecule has 97 heavy (non-hydrogen) atoms. The van der Waals surface area contributed by atoms with Crippen LogP contribution in [0.4, 0.5) is 0 Å². The summed E-state index contributed by atoms with van der Waals surface area (Å²) in [6.07, 6.45) is 55.7. The average Bonchev–Trinajstić information content (AvgIpc) is 0.990. The zero-order valence-corrected chi connectivity index (χ0v) is 65.3. The second-order valence-electron chi connectivity index (χ2n) is 29.3. The van der Waals surface area contributed by atoms with E-state index in [1.807, 2.05) is 0 Å². The molecule has 0 radical (unpaired) electrons. The van der Waals surface area contributed by atoms with Gasteiger partial charge in [0.25, 0.3) is 0 Å². The van der Waals surface area contributed by atoms with Crippen LogP contribution in [0.25, 0.3) is 0 Å². The van der Waals surface area contributed by atoms with Crippen molar-refractivity contribution in [2.75, 3.05) is 39.6 Å². The number of carbonyl (C=O) groups is 4. The van der Waals surface area contributed by atoms with E-state index in [4.69, 9.17) is 37.0 Å². The highest BCUT2D eigenvalue weighted by molar-refractivity contribution is 7.47. The van der Waals surface area contributed by atoms with Gasteiger partial charge in [-0.15, -0.1) is 0 Å². The fraction of sp³-hybridized carbons (Fsp3) is 0.949. The maximum Gasteiger partial charge on any atom is 0.472 e. The van der Waals surface area contributed by atoms with Crippen molar-refractivity contribution in [1.82, 2.24) is 0 Å². The quantitative estimate of drug-likeness (QED) is 0.0222. The van der Waals surface area contributed by atoms with Crippen molar-refractivity contribution in [2.24, 2.45) is 17.8 Å². The molecular weight excluding hydrogens is 1270 g/mol. The van der Waals surface area contributed by atoms with Gasteiger partial charge in [-0.1, -0.05) is 350 Å². The highest BCUT2D eigenvalue weighted by Gasteiger charge is 2.30. The van der Waals surface area contributed by atoms with Crippen molar-refractivity contribution in [3.63, 3.8) is 0 Å². The van der Waals surface area contributed by atoms with Crippen LogP contribution in [0.15, 0.2) is 0 Å². The van der Waals surface area contributed by atoms with E-state index in [-0.39, 0.29) is 25.7 Å². The van der Waals surface area contributed by atoms with E-state index in [1.54, 1.807) is 0 Å². The molecule has 0 aliphatic heterocycles. The molecule has 0 fully saturated rings. The van der Waals surface area contributed by atoms with E-state index in [0.717, 1.165) is 108 Å². The molecule has 0 aromatic rings. The molecule has 0 amide bonds. The van der Waals surface area contributed by atoms with Gasteiger partial charge >= 0.3 is 39.5 Å². The lowest BCUT2D eigenvalue weighted by Crippen LogP contribution is -2.30. The van der Waals surface area contributed by atoms with Gasteiger partial charge < -0.3 is 33.8 Å². The summed E-state index contributed by atoms with van der Waals surface area (Å²) in [6.45, 7) is 11.9. The lowest BCUT2D eigenvalue weighted by Gasteiger charge is -2.21. The standard InChI is InChI=1S/C78H152O17P2/c1-8-10-11-12-13-14-15-16-24-27-30-38-45-52-59-75(80)88-65-73(94-77(82)61-54-47-39-31-28-25-22-20-18-17-19-21-23-26-29-37-44-51-58-71(7)9-2)67-92-96(84,85)90-63-72(79)64-91-97(86,87)93-68-74(66-89-76(81)60-53-46-41-34-36-43-50-57-70(5)6)95-78(83)62-55-48-40-33-32-35-42-49-56-69(3)4/h69-74,79H,8-68H2,1-7H3,(H,84,85)(H,86,87)/t71?,72-,73-,74-/m1/s1. The first-order valence-corrected chi connectivity index (χ1v) is 43.4. The fourth-order valence-electron chi connectivity index (χ4n) is 11.9. The van der Waals surface area contributed by atoms with Crippen LogP contribution in [-0.4, -0.2) is 96.7 Å². The number of aliphatic hydroxyl groups is 1. The molecule has 0 saturated heterocycles. The van der Waals surface area contributed by atoms with Crippen LogP contribution in [0.5, 0.6) is 0 Å². The number of ether oxygens (including phenoxy) is 4. The third-order valence-corrected chi connectivity index (χ3v) is 20.4. The topological polar surface area (TPSA) is 237 Å². The molecule has 19 heteroatoms.